The van der Waals surface area contributed by atoms with Crippen LogP contribution in [0.15, 0.2) is 9.98 Å². The molecule has 28 nitrogen and oxygen atoms in total. The van der Waals surface area contributed by atoms with Crippen LogP contribution in [0.2, 0.25) is 0 Å². The predicted molar refractivity (Wildman–Crippen MR) is 230 cm³/mol. The summed E-state index contributed by atoms with van der Waals surface area (Å²) in [5.41, 5.74) is 26.5. The number of hydrogen-bond donors (Lipinski definition) is 16. The molecule has 0 spiro atoms. The minimum atomic E-state index is -1.59. The van der Waals surface area contributed by atoms with E-state index in [9.17, 15) is 57.8 Å². The number of hydrogen-bond acceptors (Lipinski definition) is 14. The average Bonchev–Trinajstić information content (AvgIpc) is 3.21. The summed E-state index contributed by atoms with van der Waals surface area (Å²) >= 11 is 3.91. The summed E-state index contributed by atoms with van der Waals surface area (Å²) in [6.45, 7) is 1.40. The van der Waals surface area contributed by atoms with Gasteiger partial charge < -0.3 is 81.4 Å². The lowest BCUT2D eigenvalue weighted by atomic mass is 9.97. The Balaban J connectivity index is 5.97. The summed E-state index contributed by atoms with van der Waals surface area (Å²) in [6.07, 6.45) is -1.75. The van der Waals surface area contributed by atoms with Gasteiger partial charge in [-0.05, 0) is 38.0 Å². The molecule has 29 heteroatoms. The number of thiol groups is 1. The molecule has 9 amide bonds. The third kappa shape index (κ3) is 25.7. The van der Waals surface area contributed by atoms with Gasteiger partial charge in [-0.25, -0.2) is 0 Å². The number of nitrogens with zero attached hydrogens (tertiary/aromatic N) is 2. The number of rotatable bonds is 32. The number of carboxylic acid groups (broad SMARTS) is 2. The molecule has 0 rings (SSSR count). The number of carbonyl (C=O) groups excluding carboxylic acids is 9. The standard InChI is InChI=1S/C35H61N15O13S/c1-3-17(2)28(33(63)45-13-23(52)43-14-24(53)48-21(16-64)29(36)59)50-32(62)19(7-5-11-42-35(39)40)47-25(54)15-44-30(60)20(8-9-26(55)56)49-31(61)18(6-4-10-41-34(37)38)46-22(51)12-27(57)58/h17-21,28,64H,3-16H2,1-2H3,(H2,36,59)(H,43,52)(H,44,60)(H,45,63)(H,46,51)(H,47,54)(H,48,53)(H,49,61)(H,50,62)(H,55,56)(H,57,58)(H4,37,38,41)(H4,39,40,42)/t17-,18-,19-,20-,21+,28-/m1/s1. The lowest BCUT2D eigenvalue weighted by Gasteiger charge is -2.26. The Hall–Kier alpha value is -6.94. The smallest absolute Gasteiger partial charge is 0.312 e. The summed E-state index contributed by atoms with van der Waals surface area (Å²) < 4.78 is 0. The molecule has 6 atom stereocenters. The van der Waals surface area contributed by atoms with E-state index in [0.717, 1.165) is 0 Å². The van der Waals surface area contributed by atoms with E-state index in [2.05, 4.69) is 65.1 Å². The van der Waals surface area contributed by atoms with Gasteiger partial charge in [0.1, 0.15) is 36.6 Å². The van der Waals surface area contributed by atoms with Crippen molar-refractivity contribution in [2.24, 2.45) is 44.6 Å². The van der Waals surface area contributed by atoms with Crippen LogP contribution in [-0.4, -0.2) is 156 Å². The Kier molecular flexibility index (Phi) is 27.6. The summed E-state index contributed by atoms with van der Waals surface area (Å²) in [5.74, 6) is -12.0. The number of nitrogens with one attached hydrogen (secondary N) is 8. The molecule has 0 heterocycles. The fourth-order valence-electron chi connectivity index (χ4n) is 5.20. The fourth-order valence-corrected chi connectivity index (χ4v) is 5.47. The molecule has 0 fully saturated rings. The van der Waals surface area contributed by atoms with Gasteiger partial charge in [-0.3, -0.25) is 62.7 Å². The maximum absolute atomic E-state index is 13.6. The van der Waals surface area contributed by atoms with Crippen molar-refractivity contribution in [3.63, 3.8) is 0 Å². The Morgan fingerprint density at radius 2 is 1.00 bits per heavy atom. The molecule has 64 heavy (non-hydrogen) atoms. The predicted octanol–water partition coefficient (Wildman–Crippen LogP) is -7.33. The molecule has 0 aliphatic heterocycles. The Morgan fingerprint density at radius 1 is 0.547 bits per heavy atom. The molecule has 0 unspecified atom stereocenters. The van der Waals surface area contributed by atoms with Gasteiger partial charge in [0.25, 0.3) is 0 Å². The largest absolute Gasteiger partial charge is 0.481 e. The lowest BCUT2D eigenvalue weighted by molar-refractivity contribution is -0.142. The van der Waals surface area contributed by atoms with Crippen molar-refractivity contribution < 1.29 is 63.0 Å². The Morgan fingerprint density at radius 3 is 1.47 bits per heavy atom. The van der Waals surface area contributed by atoms with Crippen molar-refractivity contribution >= 4 is 89.7 Å². The number of aliphatic imine (C=N–C) groups is 2. The first-order valence-electron chi connectivity index (χ1n) is 19.8. The van der Waals surface area contributed by atoms with Crippen LogP contribution in [0.5, 0.6) is 0 Å². The summed E-state index contributed by atoms with van der Waals surface area (Å²) in [4.78, 5) is 145. The van der Waals surface area contributed by atoms with Gasteiger partial charge in [0.15, 0.2) is 11.9 Å². The molecule has 20 N–H and O–H groups in total. The van der Waals surface area contributed by atoms with Gasteiger partial charge in [0.05, 0.1) is 19.6 Å². The molecule has 0 aromatic rings. The van der Waals surface area contributed by atoms with Crippen LogP contribution in [0, 0.1) is 5.92 Å². The second kappa shape index (κ2) is 31.0. The Bertz CT molecular complexity index is 1720. The highest BCUT2D eigenvalue weighted by atomic mass is 32.1. The van der Waals surface area contributed by atoms with Crippen LogP contribution in [0.3, 0.4) is 0 Å². The van der Waals surface area contributed by atoms with Gasteiger partial charge in [0, 0.05) is 25.3 Å². The molecule has 0 aliphatic carbocycles. The minimum Gasteiger partial charge on any atom is -0.481 e. The first-order chi connectivity index (χ1) is 30.0. The summed E-state index contributed by atoms with van der Waals surface area (Å²) in [7, 11) is 0. The quantitative estimate of drug-likeness (QED) is 0.00979. The van der Waals surface area contributed by atoms with Gasteiger partial charge in [-0.15, -0.1) is 0 Å². The number of primary amides is 1. The monoisotopic (exact) mass is 931 g/mol. The van der Waals surface area contributed by atoms with Gasteiger partial charge in [0.2, 0.25) is 53.2 Å². The van der Waals surface area contributed by atoms with Crippen molar-refractivity contribution in [1.82, 2.24) is 42.5 Å². The van der Waals surface area contributed by atoms with Gasteiger partial charge in [-0.1, -0.05) is 20.3 Å². The molecule has 0 bridgehead atoms. The zero-order valence-electron chi connectivity index (χ0n) is 35.5. The Labute approximate surface area is 373 Å². The maximum Gasteiger partial charge on any atom is 0.312 e. The third-order valence-electron chi connectivity index (χ3n) is 8.73. The minimum absolute atomic E-state index is 0.0132. The molecule has 0 aliphatic rings. The van der Waals surface area contributed by atoms with Crippen molar-refractivity contribution in [1.29, 1.82) is 0 Å². The normalized spacial score (nSPS) is 13.3. The van der Waals surface area contributed by atoms with E-state index < -0.39 is 140 Å². The number of aliphatic carboxylic acids is 2. The van der Waals surface area contributed by atoms with Crippen LogP contribution in [0.4, 0.5) is 0 Å². The van der Waals surface area contributed by atoms with Crippen LogP contribution in [0.25, 0.3) is 0 Å². The van der Waals surface area contributed by atoms with E-state index in [-0.39, 0.29) is 56.4 Å². The summed E-state index contributed by atoms with van der Waals surface area (Å²) in [5, 5.41) is 36.9. The van der Waals surface area contributed by atoms with Crippen LogP contribution in [-0.2, 0) is 52.7 Å². The topological polar surface area (TPSA) is 479 Å². The van der Waals surface area contributed by atoms with Crippen molar-refractivity contribution in [2.45, 2.75) is 95.4 Å². The number of amides is 9. The third-order valence-corrected chi connectivity index (χ3v) is 9.10. The maximum atomic E-state index is 13.6. The summed E-state index contributed by atoms with van der Waals surface area (Å²) in [6, 6.07) is -6.70. The van der Waals surface area contributed by atoms with E-state index in [4.69, 9.17) is 33.8 Å². The van der Waals surface area contributed by atoms with Crippen molar-refractivity contribution in [2.75, 3.05) is 38.5 Å². The molecule has 0 aromatic heterocycles. The zero-order chi connectivity index (χ0) is 48.9. The van der Waals surface area contributed by atoms with Crippen molar-refractivity contribution in [3.8, 4) is 0 Å². The molecule has 0 saturated carbocycles. The number of carbonyl (C=O) groups is 11. The number of guanidine groups is 2. The zero-order valence-corrected chi connectivity index (χ0v) is 36.4. The highest BCUT2D eigenvalue weighted by molar-refractivity contribution is 7.80. The SMILES string of the molecule is CC[C@@H](C)[C@@H](NC(=O)[C@@H](CCCN=C(N)N)NC(=O)CNC(=O)[C@@H](CCC(=O)O)NC(=O)[C@@H](CCCN=C(N)N)NC(=O)CC(=O)O)C(=O)NCC(=O)NCC(=O)N[C@@H](CS)C(N)=O. The highest BCUT2D eigenvalue weighted by Gasteiger charge is 2.31. The average molecular weight is 932 g/mol. The van der Waals surface area contributed by atoms with E-state index in [1.807, 2.05) is 0 Å². The fraction of sp³-hybridized carbons (Fsp3) is 0.629. The first kappa shape index (κ1) is 57.1. The van der Waals surface area contributed by atoms with Gasteiger partial charge in [-0.2, -0.15) is 12.6 Å². The second-order valence-corrected chi connectivity index (χ2v) is 14.4. The number of nitrogens with two attached hydrogens (primary N) is 5. The van der Waals surface area contributed by atoms with Crippen LogP contribution < -0.4 is 71.2 Å². The molecule has 360 valence electrons. The van der Waals surface area contributed by atoms with Crippen molar-refractivity contribution in [3.05, 3.63) is 0 Å². The van der Waals surface area contributed by atoms with E-state index >= 15 is 0 Å². The molecular formula is C35H61N15O13S. The molecule has 0 saturated heterocycles. The van der Waals surface area contributed by atoms with E-state index in [1.54, 1.807) is 13.8 Å². The van der Waals surface area contributed by atoms with Crippen LogP contribution >= 0.6 is 12.6 Å². The molecule has 0 aromatic carbocycles. The second-order valence-electron chi connectivity index (χ2n) is 14.0. The number of carboxylic acids is 2. The van der Waals surface area contributed by atoms with Crippen LogP contribution in [0.1, 0.15) is 65.2 Å². The lowest BCUT2D eigenvalue weighted by Crippen LogP contribution is -2.58. The first-order valence-corrected chi connectivity index (χ1v) is 20.4. The molecular weight excluding hydrogens is 871 g/mol. The molecule has 0 radical (unpaired) electrons. The highest BCUT2D eigenvalue weighted by Crippen LogP contribution is 2.10. The van der Waals surface area contributed by atoms with E-state index in [0.29, 0.717) is 6.42 Å². The van der Waals surface area contributed by atoms with Gasteiger partial charge >= 0.3 is 11.9 Å². The van der Waals surface area contributed by atoms with E-state index in [1.165, 1.54) is 0 Å².